The van der Waals surface area contributed by atoms with E-state index >= 15 is 0 Å². The van der Waals surface area contributed by atoms with E-state index in [-0.39, 0.29) is 22.3 Å². The Morgan fingerprint density at radius 3 is 2.83 bits per heavy atom. The molecule has 0 saturated carbocycles. The molecule has 1 fully saturated rings. The number of rotatable bonds is 3. The standard InChI is InChI=1S/C16H21N3O4S/c1-16(2,3)23-15(20)19-7-5-13(10-19)11-24(21,22)14-8-12(9-17)4-6-18-14/h4,6,8,13H,5,7,10-11H2,1-3H3. The van der Waals surface area contributed by atoms with E-state index in [4.69, 9.17) is 10.00 Å². The average Bonchev–Trinajstić information content (AvgIpc) is 2.93. The predicted molar refractivity (Wildman–Crippen MR) is 86.9 cm³/mol. The van der Waals surface area contributed by atoms with Gasteiger partial charge in [-0.2, -0.15) is 5.26 Å². The molecule has 130 valence electrons. The zero-order chi connectivity index (χ0) is 18.0. The summed E-state index contributed by atoms with van der Waals surface area (Å²) in [6.07, 6.45) is 1.48. The number of nitrogens with zero attached hydrogens (tertiary/aromatic N) is 3. The minimum atomic E-state index is -3.60. The molecule has 1 amide bonds. The molecule has 0 spiro atoms. The van der Waals surface area contributed by atoms with Crippen LogP contribution in [0.25, 0.3) is 0 Å². The smallest absolute Gasteiger partial charge is 0.410 e. The maximum absolute atomic E-state index is 12.5. The Bertz CT molecular complexity index is 762. The maximum Gasteiger partial charge on any atom is 0.410 e. The fourth-order valence-corrected chi connectivity index (χ4v) is 4.10. The average molecular weight is 351 g/mol. The molecule has 2 heterocycles. The molecule has 1 aromatic rings. The zero-order valence-corrected chi connectivity index (χ0v) is 14.8. The number of carbonyl (C=O) groups is 1. The van der Waals surface area contributed by atoms with E-state index in [2.05, 4.69) is 4.98 Å². The molecule has 1 aliphatic heterocycles. The number of ether oxygens (including phenoxy) is 1. The summed E-state index contributed by atoms with van der Waals surface area (Å²) in [5, 5.41) is 8.77. The highest BCUT2D eigenvalue weighted by atomic mass is 32.2. The molecular weight excluding hydrogens is 330 g/mol. The lowest BCUT2D eigenvalue weighted by Crippen LogP contribution is -2.35. The predicted octanol–water partition coefficient (Wildman–Crippen LogP) is 1.98. The zero-order valence-electron chi connectivity index (χ0n) is 14.0. The first-order chi connectivity index (χ1) is 11.1. The fraction of sp³-hybridized carbons (Fsp3) is 0.562. The quantitative estimate of drug-likeness (QED) is 0.825. The molecule has 2 rings (SSSR count). The second-order valence-electron chi connectivity index (χ2n) is 6.86. The van der Waals surface area contributed by atoms with Crippen molar-refractivity contribution in [1.29, 1.82) is 5.26 Å². The van der Waals surface area contributed by atoms with Gasteiger partial charge in [0.05, 0.1) is 17.4 Å². The van der Waals surface area contributed by atoms with Crippen LogP contribution in [-0.4, -0.2) is 48.8 Å². The first-order valence-corrected chi connectivity index (χ1v) is 9.33. The van der Waals surface area contributed by atoms with Crippen molar-refractivity contribution in [1.82, 2.24) is 9.88 Å². The molecule has 0 aliphatic carbocycles. The van der Waals surface area contributed by atoms with E-state index in [0.717, 1.165) is 0 Å². The number of hydrogen-bond acceptors (Lipinski definition) is 6. The van der Waals surface area contributed by atoms with Crippen molar-refractivity contribution in [3.05, 3.63) is 23.9 Å². The molecule has 0 bridgehead atoms. The minimum absolute atomic E-state index is 0.0998. The van der Waals surface area contributed by atoms with Crippen molar-refractivity contribution in [3.8, 4) is 6.07 Å². The van der Waals surface area contributed by atoms with Crippen LogP contribution in [0.15, 0.2) is 23.4 Å². The summed E-state index contributed by atoms with van der Waals surface area (Å²) in [4.78, 5) is 17.4. The first-order valence-electron chi connectivity index (χ1n) is 7.67. The lowest BCUT2D eigenvalue weighted by atomic mass is 10.2. The van der Waals surface area contributed by atoms with Gasteiger partial charge >= 0.3 is 6.09 Å². The van der Waals surface area contributed by atoms with Crippen LogP contribution in [0.4, 0.5) is 4.79 Å². The molecular formula is C16H21N3O4S. The van der Waals surface area contributed by atoms with Crippen LogP contribution in [0.2, 0.25) is 0 Å². The van der Waals surface area contributed by atoms with E-state index in [0.29, 0.717) is 19.5 Å². The second kappa shape index (κ2) is 6.77. The van der Waals surface area contributed by atoms with Crippen LogP contribution in [0.5, 0.6) is 0 Å². The minimum Gasteiger partial charge on any atom is -0.444 e. The molecule has 0 aromatic carbocycles. The number of hydrogen-bond donors (Lipinski definition) is 0. The number of pyridine rings is 1. The highest BCUT2D eigenvalue weighted by Gasteiger charge is 2.33. The highest BCUT2D eigenvalue weighted by molar-refractivity contribution is 7.91. The van der Waals surface area contributed by atoms with Gasteiger partial charge in [-0.3, -0.25) is 0 Å². The van der Waals surface area contributed by atoms with Crippen molar-refractivity contribution in [3.63, 3.8) is 0 Å². The molecule has 0 radical (unpaired) electrons. The lowest BCUT2D eigenvalue weighted by molar-refractivity contribution is 0.0289. The normalized spacial score (nSPS) is 18.2. The number of carbonyl (C=O) groups excluding carboxylic acids is 1. The van der Waals surface area contributed by atoms with E-state index in [1.807, 2.05) is 6.07 Å². The van der Waals surface area contributed by atoms with E-state index in [1.54, 1.807) is 20.8 Å². The van der Waals surface area contributed by atoms with Gasteiger partial charge in [0.25, 0.3) is 0 Å². The third-order valence-corrected chi connectivity index (χ3v) is 5.35. The Kier molecular flexibility index (Phi) is 5.13. The summed E-state index contributed by atoms with van der Waals surface area (Å²) in [6.45, 7) is 6.18. The van der Waals surface area contributed by atoms with Crippen LogP contribution < -0.4 is 0 Å². The number of aromatic nitrogens is 1. The fourth-order valence-electron chi connectivity index (χ4n) is 2.51. The maximum atomic E-state index is 12.5. The number of sulfone groups is 1. The molecule has 24 heavy (non-hydrogen) atoms. The molecule has 1 aliphatic rings. The van der Waals surface area contributed by atoms with Crippen molar-refractivity contribution in [2.75, 3.05) is 18.8 Å². The lowest BCUT2D eigenvalue weighted by Gasteiger charge is -2.24. The van der Waals surface area contributed by atoms with Crippen LogP contribution in [0.3, 0.4) is 0 Å². The topological polar surface area (TPSA) is 100 Å². The Hall–Kier alpha value is -2.14. The van der Waals surface area contributed by atoms with Gasteiger partial charge in [0.15, 0.2) is 14.9 Å². The molecule has 0 N–H and O–H groups in total. The molecule has 7 nitrogen and oxygen atoms in total. The van der Waals surface area contributed by atoms with E-state index in [1.165, 1.54) is 23.2 Å². The number of amides is 1. The summed E-state index contributed by atoms with van der Waals surface area (Å²) in [6, 6.07) is 4.63. The van der Waals surface area contributed by atoms with Crippen molar-refractivity contribution in [2.24, 2.45) is 5.92 Å². The molecule has 1 atom stereocenters. The first kappa shape index (κ1) is 18.2. The molecule has 8 heteroatoms. The Balaban J connectivity index is 2.02. The van der Waals surface area contributed by atoms with E-state index in [9.17, 15) is 13.2 Å². The van der Waals surface area contributed by atoms with Crippen molar-refractivity contribution in [2.45, 2.75) is 37.8 Å². The summed E-state index contributed by atoms with van der Waals surface area (Å²) in [7, 11) is -3.60. The molecule has 1 unspecified atom stereocenters. The number of likely N-dealkylation sites (tertiary alicyclic amines) is 1. The van der Waals surface area contributed by atoms with Gasteiger partial charge in [-0.1, -0.05) is 0 Å². The van der Waals surface area contributed by atoms with Crippen LogP contribution in [0, 0.1) is 17.2 Å². The molecule has 1 aromatic heterocycles. The van der Waals surface area contributed by atoms with Gasteiger partial charge in [-0.15, -0.1) is 0 Å². The Morgan fingerprint density at radius 2 is 2.21 bits per heavy atom. The monoisotopic (exact) mass is 351 g/mol. The number of nitriles is 1. The van der Waals surface area contributed by atoms with Gasteiger partial charge in [0.2, 0.25) is 0 Å². The van der Waals surface area contributed by atoms with Gasteiger partial charge in [-0.25, -0.2) is 18.2 Å². The SMILES string of the molecule is CC(C)(C)OC(=O)N1CCC(CS(=O)(=O)c2cc(C#N)ccn2)C1. The van der Waals surface area contributed by atoms with Crippen LogP contribution in [-0.2, 0) is 14.6 Å². The largest absolute Gasteiger partial charge is 0.444 e. The van der Waals surface area contributed by atoms with Gasteiger partial charge in [0, 0.05) is 19.3 Å². The van der Waals surface area contributed by atoms with Crippen LogP contribution in [0.1, 0.15) is 32.8 Å². The third-order valence-electron chi connectivity index (χ3n) is 3.58. The van der Waals surface area contributed by atoms with Crippen LogP contribution >= 0.6 is 0 Å². The third kappa shape index (κ3) is 4.68. The summed E-state index contributed by atoms with van der Waals surface area (Å²) < 4.78 is 30.2. The summed E-state index contributed by atoms with van der Waals surface area (Å²) in [5.74, 6) is -0.274. The van der Waals surface area contributed by atoms with Crippen molar-refractivity contribution >= 4 is 15.9 Å². The summed E-state index contributed by atoms with van der Waals surface area (Å²) >= 11 is 0. The highest BCUT2D eigenvalue weighted by Crippen LogP contribution is 2.23. The second-order valence-corrected chi connectivity index (χ2v) is 8.84. The van der Waals surface area contributed by atoms with Gasteiger partial charge in [-0.05, 0) is 45.2 Å². The summed E-state index contributed by atoms with van der Waals surface area (Å²) in [5.41, 5.74) is -0.325. The molecule has 1 saturated heterocycles. The van der Waals surface area contributed by atoms with E-state index < -0.39 is 21.5 Å². The van der Waals surface area contributed by atoms with Crippen molar-refractivity contribution < 1.29 is 17.9 Å². The Labute approximate surface area is 142 Å². The van der Waals surface area contributed by atoms with Gasteiger partial charge in [0.1, 0.15) is 5.60 Å². The van der Waals surface area contributed by atoms with Gasteiger partial charge < -0.3 is 9.64 Å². The Morgan fingerprint density at radius 1 is 1.50 bits per heavy atom.